The quantitative estimate of drug-likeness (QED) is 0.600. The first-order chi connectivity index (χ1) is 12.6. The van der Waals surface area contributed by atoms with Gasteiger partial charge in [0.15, 0.2) is 17.3 Å². The van der Waals surface area contributed by atoms with Crippen molar-refractivity contribution in [3.05, 3.63) is 70.3 Å². The highest BCUT2D eigenvalue weighted by molar-refractivity contribution is 5.53. The lowest BCUT2D eigenvalue weighted by Gasteiger charge is -2.05. The molecule has 0 aliphatic rings. The molecule has 0 saturated heterocycles. The van der Waals surface area contributed by atoms with Gasteiger partial charge in [0.25, 0.3) is 5.56 Å². The van der Waals surface area contributed by atoms with Gasteiger partial charge < -0.3 is 9.51 Å². The molecule has 0 spiro atoms. The van der Waals surface area contributed by atoms with Crippen molar-refractivity contribution >= 4 is 0 Å². The van der Waals surface area contributed by atoms with Gasteiger partial charge in [-0.05, 0) is 6.07 Å². The van der Waals surface area contributed by atoms with Gasteiger partial charge in [-0.2, -0.15) is 4.39 Å². The average Bonchev–Trinajstić information content (AvgIpc) is 3.29. The fourth-order valence-electron chi connectivity index (χ4n) is 2.35. The molecule has 0 amide bonds. The van der Waals surface area contributed by atoms with Gasteiger partial charge in [0, 0.05) is 11.6 Å². The predicted octanol–water partition coefficient (Wildman–Crippen LogP) is 2.01. The zero-order valence-electron chi connectivity index (χ0n) is 13.1. The Balaban J connectivity index is 1.82. The Kier molecular flexibility index (Phi) is 3.84. The second-order valence-electron chi connectivity index (χ2n) is 5.30. The first kappa shape index (κ1) is 15.8. The molecule has 0 aliphatic heterocycles. The summed E-state index contributed by atoms with van der Waals surface area (Å²) < 4.78 is 33.3. The minimum Gasteiger partial charge on any atom is -0.364 e. The molecule has 4 rings (SSSR count). The number of rotatable bonds is 4. The summed E-state index contributed by atoms with van der Waals surface area (Å²) >= 11 is 0. The summed E-state index contributed by atoms with van der Waals surface area (Å²) in [5.41, 5.74) is -0.192. The smallest absolute Gasteiger partial charge is 0.287 e. The van der Waals surface area contributed by atoms with Crippen LogP contribution in [-0.4, -0.2) is 29.9 Å². The van der Waals surface area contributed by atoms with Gasteiger partial charge in [-0.15, -0.1) is 5.10 Å². The predicted molar refractivity (Wildman–Crippen MR) is 84.8 cm³/mol. The molecular formula is C16H10F2N6O2. The van der Waals surface area contributed by atoms with Crippen molar-refractivity contribution in [1.29, 1.82) is 0 Å². The molecule has 8 nitrogen and oxygen atoms in total. The van der Waals surface area contributed by atoms with Crippen LogP contribution in [0, 0.1) is 11.6 Å². The standard InChI is InChI=1S/C16H10F2N6O2/c17-10-4-2-1-3-9(10)8-24-15(12-5-6-26-23-12)20-14(22-24)13-19-7-11(18)16(25)21-13/h1-7H,8H2,(H,19,21,25). The second-order valence-corrected chi connectivity index (χ2v) is 5.30. The number of benzene rings is 1. The number of halogens is 2. The molecule has 0 radical (unpaired) electrons. The summed E-state index contributed by atoms with van der Waals surface area (Å²) in [4.78, 5) is 21.8. The van der Waals surface area contributed by atoms with Crippen LogP contribution >= 0.6 is 0 Å². The molecule has 3 aromatic heterocycles. The Labute approximate surface area is 144 Å². The lowest BCUT2D eigenvalue weighted by Crippen LogP contribution is -2.13. The summed E-state index contributed by atoms with van der Waals surface area (Å²) in [7, 11) is 0. The lowest BCUT2D eigenvalue weighted by atomic mass is 10.2. The molecule has 0 saturated carbocycles. The van der Waals surface area contributed by atoms with E-state index in [2.05, 4.69) is 25.2 Å². The monoisotopic (exact) mass is 356 g/mol. The van der Waals surface area contributed by atoms with E-state index in [1.165, 1.54) is 17.0 Å². The van der Waals surface area contributed by atoms with E-state index in [0.717, 1.165) is 6.20 Å². The van der Waals surface area contributed by atoms with Gasteiger partial charge in [0.2, 0.25) is 11.6 Å². The fraction of sp³-hybridized carbons (Fsp3) is 0.0625. The Bertz CT molecular complexity index is 1120. The number of hydrogen-bond acceptors (Lipinski definition) is 6. The van der Waals surface area contributed by atoms with Crippen molar-refractivity contribution in [2.45, 2.75) is 6.54 Å². The van der Waals surface area contributed by atoms with Gasteiger partial charge in [-0.25, -0.2) is 19.0 Å². The van der Waals surface area contributed by atoms with E-state index in [1.807, 2.05) is 0 Å². The van der Waals surface area contributed by atoms with E-state index >= 15 is 0 Å². The summed E-state index contributed by atoms with van der Waals surface area (Å²) in [5, 5.41) is 8.05. The van der Waals surface area contributed by atoms with E-state index < -0.39 is 17.2 Å². The zero-order valence-corrected chi connectivity index (χ0v) is 13.1. The number of nitrogens with one attached hydrogen (secondary N) is 1. The van der Waals surface area contributed by atoms with E-state index in [-0.39, 0.29) is 24.0 Å². The average molecular weight is 356 g/mol. The van der Waals surface area contributed by atoms with Gasteiger partial charge >= 0.3 is 0 Å². The van der Waals surface area contributed by atoms with Crippen molar-refractivity contribution in [3.63, 3.8) is 0 Å². The van der Waals surface area contributed by atoms with Crippen molar-refractivity contribution in [3.8, 4) is 23.2 Å². The third kappa shape index (κ3) is 2.88. The summed E-state index contributed by atoms with van der Waals surface area (Å²) in [6.07, 6.45) is 2.14. The minimum atomic E-state index is -1.02. The molecule has 10 heteroatoms. The van der Waals surface area contributed by atoms with Crippen molar-refractivity contribution < 1.29 is 13.3 Å². The molecule has 1 N–H and O–H groups in total. The van der Waals surface area contributed by atoms with Gasteiger partial charge in [-0.1, -0.05) is 23.4 Å². The highest BCUT2D eigenvalue weighted by Gasteiger charge is 2.18. The lowest BCUT2D eigenvalue weighted by molar-refractivity contribution is 0.421. The minimum absolute atomic E-state index is 0.0200. The van der Waals surface area contributed by atoms with Crippen LogP contribution in [0.1, 0.15) is 5.56 Å². The highest BCUT2D eigenvalue weighted by Crippen LogP contribution is 2.20. The van der Waals surface area contributed by atoms with Crippen LogP contribution in [0.15, 0.2) is 52.1 Å². The first-order valence-corrected chi connectivity index (χ1v) is 7.46. The van der Waals surface area contributed by atoms with Crippen LogP contribution in [0.25, 0.3) is 23.2 Å². The Hall–Kier alpha value is -3.69. The maximum absolute atomic E-state index is 14.0. The molecule has 3 heterocycles. The van der Waals surface area contributed by atoms with E-state index in [9.17, 15) is 13.6 Å². The topological polar surface area (TPSA) is 102 Å². The Morgan fingerprint density at radius 3 is 2.73 bits per heavy atom. The SMILES string of the molecule is O=c1[nH]c(-c2nc(-c3ccon3)n(Cc3ccccc3F)n2)ncc1F. The van der Waals surface area contributed by atoms with Crippen molar-refractivity contribution in [2.24, 2.45) is 0 Å². The van der Waals surface area contributed by atoms with Crippen LogP contribution in [0.3, 0.4) is 0 Å². The van der Waals surface area contributed by atoms with Crippen LogP contribution in [0.5, 0.6) is 0 Å². The summed E-state index contributed by atoms with van der Waals surface area (Å²) in [6.45, 7) is 0.0628. The first-order valence-electron chi connectivity index (χ1n) is 7.46. The number of nitrogens with zero attached hydrogens (tertiary/aromatic N) is 5. The largest absolute Gasteiger partial charge is 0.364 e. The molecule has 4 aromatic rings. The van der Waals surface area contributed by atoms with E-state index in [1.54, 1.807) is 24.3 Å². The number of aromatic amines is 1. The Morgan fingerprint density at radius 2 is 2.00 bits per heavy atom. The van der Waals surface area contributed by atoms with Crippen LogP contribution in [0.2, 0.25) is 0 Å². The maximum atomic E-state index is 14.0. The fourth-order valence-corrected chi connectivity index (χ4v) is 2.35. The molecule has 1 aromatic carbocycles. The number of H-pyrrole nitrogens is 1. The number of hydrogen-bond donors (Lipinski definition) is 1. The molecule has 0 aliphatic carbocycles. The van der Waals surface area contributed by atoms with E-state index in [0.29, 0.717) is 11.3 Å². The Morgan fingerprint density at radius 1 is 1.15 bits per heavy atom. The zero-order chi connectivity index (χ0) is 18.1. The second kappa shape index (κ2) is 6.31. The van der Waals surface area contributed by atoms with Crippen LogP contribution in [0.4, 0.5) is 8.78 Å². The van der Waals surface area contributed by atoms with Gasteiger partial charge in [0.05, 0.1) is 12.7 Å². The maximum Gasteiger partial charge on any atom is 0.287 e. The third-order valence-electron chi connectivity index (χ3n) is 3.58. The van der Waals surface area contributed by atoms with Crippen molar-refractivity contribution in [2.75, 3.05) is 0 Å². The van der Waals surface area contributed by atoms with Gasteiger partial charge in [-0.3, -0.25) is 4.79 Å². The molecule has 0 fully saturated rings. The van der Waals surface area contributed by atoms with Crippen molar-refractivity contribution in [1.82, 2.24) is 29.9 Å². The molecule has 26 heavy (non-hydrogen) atoms. The van der Waals surface area contributed by atoms with Gasteiger partial charge in [0.1, 0.15) is 12.1 Å². The third-order valence-corrected chi connectivity index (χ3v) is 3.58. The van der Waals surface area contributed by atoms with Crippen LogP contribution in [-0.2, 0) is 6.54 Å². The van der Waals surface area contributed by atoms with Crippen LogP contribution < -0.4 is 5.56 Å². The molecular weight excluding hydrogens is 346 g/mol. The van der Waals surface area contributed by atoms with E-state index in [4.69, 9.17) is 4.52 Å². The highest BCUT2D eigenvalue weighted by atomic mass is 19.1. The summed E-state index contributed by atoms with van der Waals surface area (Å²) in [5.74, 6) is -1.12. The molecule has 0 bridgehead atoms. The summed E-state index contributed by atoms with van der Waals surface area (Å²) in [6, 6.07) is 7.79. The molecule has 0 atom stereocenters. The normalized spacial score (nSPS) is 11.0. The number of aromatic nitrogens is 6. The molecule has 130 valence electrons. The molecule has 0 unspecified atom stereocenters.